The summed E-state index contributed by atoms with van der Waals surface area (Å²) in [5, 5.41) is 31.7. The van der Waals surface area contributed by atoms with Crippen molar-refractivity contribution < 1.29 is 29.7 Å². The standard InChI is InChI=1S/C38H50O6/c1-22(2)11-13-27(25(7)8)20-37-21-28(15-12-23(3)4)36(9,10)38(35(37)44,18-17-24(5)6)34(43)31(33(37)42)32(41)26-14-16-29(39)30(40)19-26/h11-12,14,16-17,19,27-28,39-41H,7,13,15,18,20-21H2,1-6,8-10H3/t27-,28+,37-,38+/m0/s1. The van der Waals surface area contributed by atoms with E-state index in [2.05, 4.69) is 18.7 Å². The Kier molecular flexibility index (Phi) is 10.1. The van der Waals surface area contributed by atoms with Crippen molar-refractivity contribution in [2.45, 2.75) is 94.4 Å². The van der Waals surface area contributed by atoms with E-state index >= 15 is 4.79 Å². The number of benzene rings is 1. The third kappa shape index (κ3) is 6.00. The van der Waals surface area contributed by atoms with Gasteiger partial charge in [-0.3, -0.25) is 14.4 Å². The Morgan fingerprint density at radius 3 is 2.02 bits per heavy atom. The highest BCUT2D eigenvalue weighted by atomic mass is 16.3. The van der Waals surface area contributed by atoms with Gasteiger partial charge in [0.2, 0.25) is 0 Å². The third-order valence-electron chi connectivity index (χ3n) is 10.0. The fourth-order valence-corrected chi connectivity index (χ4v) is 7.08. The molecule has 0 radical (unpaired) electrons. The van der Waals surface area contributed by atoms with Crippen LogP contribution in [-0.4, -0.2) is 32.7 Å². The molecule has 3 N–H and O–H groups in total. The number of rotatable bonds is 10. The average Bonchev–Trinajstić information content (AvgIpc) is 2.91. The molecule has 0 spiro atoms. The van der Waals surface area contributed by atoms with Gasteiger partial charge in [-0.2, -0.15) is 0 Å². The van der Waals surface area contributed by atoms with Crippen LogP contribution >= 0.6 is 0 Å². The molecule has 2 bridgehead atoms. The number of carbonyl (C=O) groups is 3. The molecule has 0 aromatic heterocycles. The summed E-state index contributed by atoms with van der Waals surface area (Å²) in [6.45, 7) is 21.9. The molecule has 0 saturated heterocycles. The van der Waals surface area contributed by atoms with E-state index in [9.17, 15) is 24.9 Å². The van der Waals surface area contributed by atoms with E-state index in [0.29, 0.717) is 12.8 Å². The number of phenolic OH excluding ortho intramolecular Hbond substituents is 2. The average molecular weight is 603 g/mol. The maximum absolute atomic E-state index is 15.2. The van der Waals surface area contributed by atoms with Crippen molar-refractivity contribution in [1.29, 1.82) is 0 Å². The first-order chi connectivity index (χ1) is 20.3. The zero-order chi connectivity index (χ0) is 33.4. The predicted octanol–water partition coefficient (Wildman–Crippen LogP) is 8.76. The number of ketones is 3. The number of aliphatic hydroxyl groups is 1. The van der Waals surface area contributed by atoms with Gasteiger partial charge in [0, 0.05) is 5.56 Å². The van der Waals surface area contributed by atoms with Crippen LogP contribution in [0.4, 0.5) is 0 Å². The van der Waals surface area contributed by atoms with E-state index in [0.717, 1.165) is 28.4 Å². The molecular formula is C38H50O6. The number of Topliss-reactive ketones (excluding diaryl/α,β-unsaturated/α-hetero) is 3. The van der Waals surface area contributed by atoms with Crippen molar-refractivity contribution in [3.05, 3.63) is 76.4 Å². The second-order valence-corrected chi connectivity index (χ2v) is 14.3. The number of hydrogen-bond acceptors (Lipinski definition) is 6. The first-order valence-electron chi connectivity index (χ1n) is 15.5. The number of phenols is 2. The Balaban J connectivity index is 2.47. The highest BCUT2D eigenvalue weighted by Crippen LogP contribution is 2.66. The lowest BCUT2D eigenvalue weighted by molar-refractivity contribution is -0.177. The molecule has 6 nitrogen and oxygen atoms in total. The molecule has 6 heteroatoms. The molecule has 44 heavy (non-hydrogen) atoms. The molecule has 0 aliphatic heterocycles. The summed E-state index contributed by atoms with van der Waals surface area (Å²) in [6.07, 6.45) is 7.79. The molecule has 2 saturated carbocycles. The molecular weight excluding hydrogens is 552 g/mol. The number of carbonyl (C=O) groups excluding carboxylic acids is 3. The molecule has 0 unspecified atom stereocenters. The van der Waals surface area contributed by atoms with Crippen LogP contribution in [0.1, 0.15) is 100.0 Å². The molecule has 0 amide bonds. The number of aromatic hydroxyl groups is 2. The lowest BCUT2D eigenvalue weighted by atomic mass is 9.38. The third-order valence-corrected chi connectivity index (χ3v) is 10.0. The SMILES string of the molecule is C=C(C)[C@@H](CC=C(C)C)C[C@]12C[C@@H](CC=C(C)C)C(C)(C)[C@](CC=C(C)C)(C(=O)C(=C(O)c3ccc(O)c(O)c3)C1=O)C2=O. The fraction of sp³-hybridized carbons (Fsp3) is 0.500. The second-order valence-electron chi connectivity index (χ2n) is 14.3. The van der Waals surface area contributed by atoms with Crippen molar-refractivity contribution >= 4 is 23.1 Å². The summed E-state index contributed by atoms with van der Waals surface area (Å²) in [7, 11) is 0. The molecule has 2 aliphatic carbocycles. The van der Waals surface area contributed by atoms with Crippen molar-refractivity contribution in [3.8, 4) is 11.5 Å². The molecule has 1 aromatic carbocycles. The number of allylic oxidation sites excluding steroid dienone is 8. The summed E-state index contributed by atoms with van der Waals surface area (Å²) in [6, 6.07) is 3.65. The van der Waals surface area contributed by atoms with Gasteiger partial charge in [0.15, 0.2) is 28.8 Å². The highest BCUT2D eigenvalue weighted by molar-refractivity contribution is 6.41. The molecule has 4 atom stereocenters. The van der Waals surface area contributed by atoms with Gasteiger partial charge in [0.1, 0.15) is 16.7 Å². The monoisotopic (exact) mass is 602 g/mol. The minimum atomic E-state index is -1.62. The van der Waals surface area contributed by atoms with Crippen LogP contribution in [0.5, 0.6) is 11.5 Å². The van der Waals surface area contributed by atoms with Gasteiger partial charge in [-0.1, -0.05) is 60.9 Å². The maximum Gasteiger partial charge on any atom is 0.184 e. The number of fused-ring (bicyclic) bond motifs is 2. The summed E-state index contributed by atoms with van der Waals surface area (Å²) in [4.78, 5) is 44.9. The Hall–Kier alpha value is -3.67. The molecule has 238 valence electrons. The van der Waals surface area contributed by atoms with Crippen LogP contribution in [0, 0.1) is 28.1 Å². The lowest BCUT2D eigenvalue weighted by Crippen LogP contribution is -2.69. The van der Waals surface area contributed by atoms with Gasteiger partial charge in [0.25, 0.3) is 0 Å². The van der Waals surface area contributed by atoms with E-state index in [1.54, 1.807) is 0 Å². The second kappa shape index (κ2) is 12.7. The van der Waals surface area contributed by atoms with Gasteiger partial charge in [-0.15, -0.1) is 0 Å². The normalized spacial score (nSPS) is 26.0. The molecule has 3 rings (SSSR count). The molecule has 2 aliphatic rings. The lowest BCUT2D eigenvalue weighted by Gasteiger charge is -2.60. The summed E-state index contributed by atoms with van der Waals surface area (Å²) in [5.41, 5.74) is -0.453. The molecule has 0 heterocycles. The van der Waals surface area contributed by atoms with Crippen LogP contribution in [0.2, 0.25) is 0 Å². The van der Waals surface area contributed by atoms with Crippen molar-refractivity contribution in [1.82, 2.24) is 0 Å². The Labute approximate surface area is 263 Å². The van der Waals surface area contributed by atoms with Crippen LogP contribution in [0.3, 0.4) is 0 Å². The maximum atomic E-state index is 15.2. The van der Waals surface area contributed by atoms with E-state index in [1.807, 2.05) is 68.4 Å². The van der Waals surface area contributed by atoms with E-state index < -0.39 is 50.6 Å². The van der Waals surface area contributed by atoms with Gasteiger partial charge >= 0.3 is 0 Å². The van der Waals surface area contributed by atoms with Crippen LogP contribution < -0.4 is 0 Å². The zero-order valence-electron chi connectivity index (χ0n) is 27.9. The predicted molar refractivity (Wildman–Crippen MR) is 176 cm³/mol. The van der Waals surface area contributed by atoms with Crippen molar-refractivity contribution in [2.24, 2.45) is 28.1 Å². The summed E-state index contributed by atoms with van der Waals surface area (Å²) < 4.78 is 0. The van der Waals surface area contributed by atoms with Crippen LogP contribution in [0.25, 0.3) is 5.76 Å². The zero-order valence-corrected chi connectivity index (χ0v) is 27.9. The Morgan fingerprint density at radius 1 is 0.909 bits per heavy atom. The minimum Gasteiger partial charge on any atom is -0.506 e. The molecule has 1 aromatic rings. The Morgan fingerprint density at radius 2 is 1.50 bits per heavy atom. The molecule has 2 fully saturated rings. The van der Waals surface area contributed by atoms with Gasteiger partial charge < -0.3 is 15.3 Å². The first-order valence-corrected chi connectivity index (χ1v) is 15.5. The first kappa shape index (κ1) is 34.8. The number of hydrogen-bond donors (Lipinski definition) is 3. The van der Waals surface area contributed by atoms with E-state index in [1.165, 1.54) is 12.1 Å². The van der Waals surface area contributed by atoms with Crippen LogP contribution in [-0.2, 0) is 14.4 Å². The quantitative estimate of drug-likeness (QED) is 0.0616. The largest absolute Gasteiger partial charge is 0.506 e. The van der Waals surface area contributed by atoms with Crippen molar-refractivity contribution in [3.63, 3.8) is 0 Å². The van der Waals surface area contributed by atoms with E-state index in [-0.39, 0.29) is 42.4 Å². The van der Waals surface area contributed by atoms with Gasteiger partial charge in [0.05, 0.1) is 5.41 Å². The number of aliphatic hydroxyl groups excluding tert-OH is 1. The highest BCUT2D eigenvalue weighted by Gasteiger charge is 2.74. The van der Waals surface area contributed by atoms with Gasteiger partial charge in [-0.25, -0.2) is 0 Å². The van der Waals surface area contributed by atoms with Gasteiger partial charge in [-0.05, 0) is 116 Å². The Bertz CT molecular complexity index is 1490. The smallest absolute Gasteiger partial charge is 0.184 e. The topological polar surface area (TPSA) is 112 Å². The summed E-state index contributed by atoms with van der Waals surface area (Å²) in [5.74, 6) is -3.61. The van der Waals surface area contributed by atoms with Crippen molar-refractivity contribution in [2.75, 3.05) is 0 Å². The van der Waals surface area contributed by atoms with E-state index in [4.69, 9.17) is 0 Å². The summed E-state index contributed by atoms with van der Waals surface area (Å²) >= 11 is 0. The van der Waals surface area contributed by atoms with Crippen LogP contribution in [0.15, 0.2) is 70.9 Å². The fourth-order valence-electron chi connectivity index (χ4n) is 7.08. The minimum absolute atomic E-state index is 0.0110.